The summed E-state index contributed by atoms with van der Waals surface area (Å²) in [6.45, 7) is 0. The van der Waals surface area contributed by atoms with E-state index in [-0.39, 0.29) is 11.7 Å². The molecule has 2 aromatic heterocycles. The normalized spacial score (nSPS) is 12.2. The van der Waals surface area contributed by atoms with Crippen LogP contribution in [0.25, 0.3) is 21.1 Å². The van der Waals surface area contributed by atoms with Gasteiger partial charge in [0, 0.05) is 16.5 Å². The average molecular weight is 535 g/mol. The summed E-state index contributed by atoms with van der Waals surface area (Å²) in [6, 6.07) is 27.5. The number of hydrogen-bond donors (Lipinski definition) is 3. The fourth-order valence-corrected chi connectivity index (χ4v) is 5.64. The highest BCUT2D eigenvalue weighted by atomic mass is 32.2. The molecule has 0 aliphatic carbocycles. The van der Waals surface area contributed by atoms with Gasteiger partial charge in [-0.05, 0) is 30.2 Å². The largest absolute Gasteiger partial charge is 0.357 e. The van der Waals surface area contributed by atoms with Gasteiger partial charge in [-0.2, -0.15) is 8.42 Å². The molecule has 0 bridgehead atoms. The van der Waals surface area contributed by atoms with E-state index in [2.05, 4.69) is 21.6 Å². The predicted octanol–water partition coefficient (Wildman–Crippen LogP) is 5.74. The molecule has 3 N–H and O–H groups in total. The van der Waals surface area contributed by atoms with E-state index < -0.39 is 10.3 Å². The lowest BCUT2D eigenvalue weighted by Crippen LogP contribution is -2.14. The molecule has 36 heavy (non-hydrogen) atoms. The first-order valence-electron chi connectivity index (χ1n) is 10.8. The molecule has 1 radical (unpaired) electrons. The quantitative estimate of drug-likeness (QED) is 0.206. The van der Waals surface area contributed by atoms with Crippen LogP contribution in [-0.2, 0) is 16.7 Å². The van der Waals surface area contributed by atoms with E-state index >= 15 is 0 Å². The second-order valence-corrected chi connectivity index (χ2v) is 10.8. The average Bonchev–Trinajstić information content (AvgIpc) is 3.55. The maximum absolute atomic E-state index is 11.1. The second kappa shape index (κ2) is 10.5. The molecule has 8 nitrogen and oxygen atoms in total. The molecule has 5 rings (SSSR count). The van der Waals surface area contributed by atoms with Crippen LogP contribution < -0.4 is 10.0 Å². The number of rotatable bonds is 9. The van der Waals surface area contributed by atoms with E-state index in [9.17, 15) is 8.42 Å². The monoisotopic (exact) mass is 534 g/mol. The highest BCUT2D eigenvalue weighted by Gasteiger charge is 2.19. The molecule has 0 amide bonds. The van der Waals surface area contributed by atoms with Gasteiger partial charge in [-0.1, -0.05) is 78.1 Å². The Morgan fingerprint density at radius 3 is 2.25 bits per heavy atom. The van der Waals surface area contributed by atoms with E-state index in [1.54, 1.807) is 23.5 Å². The minimum atomic E-state index is -4.35. The summed E-state index contributed by atoms with van der Waals surface area (Å²) in [5.74, 6) is 0. The van der Waals surface area contributed by atoms with Crippen molar-refractivity contribution in [1.82, 2.24) is 15.2 Å². The summed E-state index contributed by atoms with van der Waals surface area (Å²) in [7, 11) is -4.35. The number of thiazole rings is 1. The van der Waals surface area contributed by atoms with Gasteiger partial charge in [-0.3, -0.25) is 9.27 Å². The molecule has 0 fully saturated rings. The molecule has 11 heteroatoms. The summed E-state index contributed by atoms with van der Waals surface area (Å²) in [5.41, 5.74) is 3.94. The molecule has 5 aromatic rings. The van der Waals surface area contributed by atoms with Crippen LogP contribution >= 0.6 is 22.7 Å². The van der Waals surface area contributed by atoms with Gasteiger partial charge >= 0.3 is 10.3 Å². The van der Waals surface area contributed by atoms with Gasteiger partial charge in [0.25, 0.3) is 0 Å². The zero-order chi connectivity index (χ0) is 25.0. The first-order chi connectivity index (χ1) is 17.4. The lowest BCUT2D eigenvalue weighted by Gasteiger charge is -2.16. The number of anilines is 2. The topological polar surface area (TPSA) is 117 Å². The van der Waals surface area contributed by atoms with Crippen molar-refractivity contribution in [3.63, 3.8) is 0 Å². The Bertz CT molecular complexity index is 1540. The molecule has 181 valence electrons. The van der Waals surface area contributed by atoms with Crippen LogP contribution in [0.15, 0.2) is 84.2 Å². The molecule has 0 aliphatic heterocycles. The number of nitrogens with zero attached hydrogens (tertiary/aromatic N) is 3. The van der Waals surface area contributed by atoms with Crippen LogP contribution in [-0.4, -0.2) is 28.2 Å². The van der Waals surface area contributed by atoms with Crippen LogP contribution in [0.2, 0.25) is 0 Å². The van der Waals surface area contributed by atoms with E-state index in [1.165, 1.54) is 17.4 Å². The Hall–Kier alpha value is -3.64. The molecular weight excluding hydrogens is 515 g/mol. The Kier molecular flexibility index (Phi) is 7.05. The standard InChI is InChI=1S/C25H20N5O3S3/c31-36(32,33)30-20-13-11-17(12-14-20)15-21(22-16-34-23(26-22)18-7-3-1-4-8-18)27-25-29-28-24(35-25)19-9-5-2-6-10-19/h1-11,13-14,16,21,30H,15H2,(H,27,29)(H,31,32,33). The van der Waals surface area contributed by atoms with Crippen molar-refractivity contribution in [2.75, 3.05) is 10.0 Å². The smallest absolute Gasteiger partial charge is 0.351 e. The van der Waals surface area contributed by atoms with Gasteiger partial charge < -0.3 is 5.32 Å². The lowest BCUT2D eigenvalue weighted by molar-refractivity contribution is 0.489. The zero-order valence-corrected chi connectivity index (χ0v) is 21.1. The SMILES string of the molecule is O=S(=O)(O)Nc1c[c]c(CC(Nc2nnc(-c3ccccc3)s2)c2csc(-c3ccccc3)n2)cc1. The first-order valence-corrected chi connectivity index (χ1v) is 14.0. The molecule has 0 saturated heterocycles. The van der Waals surface area contributed by atoms with Crippen LogP contribution in [0.1, 0.15) is 17.3 Å². The van der Waals surface area contributed by atoms with Crippen molar-refractivity contribution in [1.29, 1.82) is 0 Å². The van der Waals surface area contributed by atoms with E-state index in [4.69, 9.17) is 9.54 Å². The summed E-state index contributed by atoms with van der Waals surface area (Å²) >= 11 is 3.02. The van der Waals surface area contributed by atoms with Crippen LogP contribution in [0, 0.1) is 6.07 Å². The van der Waals surface area contributed by atoms with Gasteiger partial charge in [0.1, 0.15) is 10.0 Å². The van der Waals surface area contributed by atoms with Crippen molar-refractivity contribution in [2.45, 2.75) is 12.5 Å². The van der Waals surface area contributed by atoms with Crippen molar-refractivity contribution in [2.24, 2.45) is 0 Å². The molecule has 2 heterocycles. The third-order valence-electron chi connectivity index (χ3n) is 5.19. The molecule has 0 aliphatic rings. The van der Waals surface area contributed by atoms with Gasteiger partial charge in [-0.15, -0.1) is 21.5 Å². The summed E-state index contributed by atoms with van der Waals surface area (Å²) in [4.78, 5) is 4.88. The lowest BCUT2D eigenvalue weighted by atomic mass is 10.0. The van der Waals surface area contributed by atoms with Gasteiger partial charge in [0.15, 0.2) is 0 Å². The van der Waals surface area contributed by atoms with Crippen molar-refractivity contribution in [3.05, 3.63) is 102 Å². The first kappa shape index (κ1) is 24.1. The number of aromatic nitrogens is 3. The molecule has 0 saturated carbocycles. The summed E-state index contributed by atoms with van der Waals surface area (Å²) in [6.07, 6.45) is 0.518. The van der Waals surface area contributed by atoms with E-state index in [0.29, 0.717) is 11.6 Å². The van der Waals surface area contributed by atoms with Crippen LogP contribution in [0.4, 0.5) is 10.8 Å². The third kappa shape index (κ3) is 6.13. The van der Waals surface area contributed by atoms with Gasteiger partial charge in [0.05, 0.1) is 17.4 Å². The minimum Gasteiger partial charge on any atom is -0.351 e. The third-order valence-corrected chi connectivity index (χ3v) is 7.50. The van der Waals surface area contributed by atoms with E-state index in [0.717, 1.165) is 32.4 Å². The highest BCUT2D eigenvalue weighted by Crippen LogP contribution is 2.32. The number of nitrogens with one attached hydrogen (secondary N) is 2. The van der Waals surface area contributed by atoms with Gasteiger partial charge in [0.2, 0.25) is 5.13 Å². The van der Waals surface area contributed by atoms with E-state index in [1.807, 2.05) is 70.8 Å². The van der Waals surface area contributed by atoms with Crippen molar-refractivity contribution in [3.8, 4) is 21.1 Å². The van der Waals surface area contributed by atoms with Crippen LogP contribution in [0.5, 0.6) is 0 Å². The Morgan fingerprint density at radius 2 is 1.61 bits per heavy atom. The van der Waals surface area contributed by atoms with Gasteiger partial charge in [-0.25, -0.2) is 4.98 Å². The second-order valence-electron chi connectivity index (χ2n) is 7.80. The Labute approximate surface area is 216 Å². The molecule has 3 aromatic carbocycles. The minimum absolute atomic E-state index is 0.224. The summed E-state index contributed by atoms with van der Waals surface area (Å²) < 4.78 is 33.2. The molecule has 1 atom stereocenters. The number of benzene rings is 3. The predicted molar refractivity (Wildman–Crippen MR) is 143 cm³/mol. The van der Waals surface area contributed by atoms with Crippen molar-refractivity contribution < 1.29 is 13.0 Å². The van der Waals surface area contributed by atoms with Crippen LogP contribution in [0.3, 0.4) is 0 Å². The molecule has 1 unspecified atom stereocenters. The zero-order valence-electron chi connectivity index (χ0n) is 18.7. The number of hydrogen-bond acceptors (Lipinski definition) is 8. The maximum Gasteiger partial charge on any atom is 0.357 e. The fourth-order valence-electron chi connectivity index (χ4n) is 3.53. The Morgan fingerprint density at radius 1 is 0.917 bits per heavy atom. The molecule has 0 spiro atoms. The van der Waals surface area contributed by atoms with Crippen molar-refractivity contribution >= 4 is 43.8 Å². The fraction of sp³-hybridized carbons (Fsp3) is 0.0800. The maximum atomic E-state index is 11.1. The highest BCUT2D eigenvalue weighted by molar-refractivity contribution is 7.87. The molecular formula is C25H20N5O3S3. The Balaban J connectivity index is 1.41. The summed E-state index contributed by atoms with van der Waals surface area (Å²) in [5, 5.41) is 16.5.